The lowest BCUT2D eigenvalue weighted by Gasteiger charge is -2.23. The summed E-state index contributed by atoms with van der Waals surface area (Å²) in [5, 5.41) is 0. The summed E-state index contributed by atoms with van der Waals surface area (Å²) in [6.07, 6.45) is 2.73. The van der Waals surface area contributed by atoms with E-state index in [1.165, 1.54) is 18.2 Å². The first kappa shape index (κ1) is 21.1. The maximum Gasteiger partial charge on any atom is 0.329 e. The van der Waals surface area contributed by atoms with Crippen LogP contribution >= 0.6 is 12.4 Å². The molecule has 4 rings (SSSR count). The Morgan fingerprint density at radius 1 is 1.17 bits per heavy atom. The number of esters is 1. The zero-order valence-electron chi connectivity index (χ0n) is 16.4. The van der Waals surface area contributed by atoms with Gasteiger partial charge in [-0.05, 0) is 54.7 Å². The van der Waals surface area contributed by atoms with E-state index >= 15 is 0 Å². The third-order valence-electron chi connectivity index (χ3n) is 5.70. The fraction of sp³-hybridized carbons (Fsp3) is 0.364. The average Bonchev–Trinajstić information content (AvgIpc) is 3.26. The fourth-order valence-corrected chi connectivity index (χ4v) is 4.19. The monoisotopic (exact) mass is 415 g/mol. The summed E-state index contributed by atoms with van der Waals surface area (Å²) in [6.45, 7) is 0.537. The van der Waals surface area contributed by atoms with Gasteiger partial charge in [-0.3, -0.25) is 14.6 Å². The summed E-state index contributed by atoms with van der Waals surface area (Å²) in [5.74, 6) is -0.259. The van der Waals surface area contributed by atoms with Gasteiger partial charge in [0.2, 0.25) is 0 Å². The number of urea groups is 1. The third kappa shape index (κ3) is 4.09. The number of carbonyl (C=O) groups excluding carboxylic acids is 2. The van der Waals surface area contributed by atoms with Gasteiger partial charge in [-0.25, -0.2) is 4.79 Å². The van der Waals surface area contributed by atoms with Gasteiger partial charge < -0.3 is 10.5 Å². The molecule has 1 saturated heterocycles. The molecule has 29 heavy (non-hydrogen) atoms. The smallest absolute Gasteiger partial charge is 0.329 e. The third-order valence-corrected chi connectivity index (χ3v) is 5.70. The number of para-hydroxylation sites is 1. The van der Waals surface area contributed by atoms with E-state index in [-0.39, 0.29) is 42.9 Å². The van der Waals surface area contributed by atoms with Gasteiger partial charge in [0.15, 0.2) is 0 Å². The van der Waals surface area contributed by atoms with Crippen LogP contribution in [0.25, 0.3) is 0 Å². The maximum absolute atomic E-state index is 13.3. The second kappa shape index (κ2) is 8.84. The van der Waals surface area contributed by atoms with E-state index in [0.29, 0.717) is 13.0 Å². The van der Waals surface area contributed by atoms with Crippen LogP contribution in [-0.4, -0.2) is 31.7 Å². The molecule has 1 aliphatic carbocycles. The second-order valence-corrected chi connectivity index (χ2v) is 7.40. The number of ether oxygens (including phenoxy) is 1. The van der Waals surface area contributed by atoms with E-state index in [2.05, 4.69) is 6.07 Å². The second-order valence-electron chi connectivity index (χ2n) is 7.40. The quantitative estimate of drug-likeness (QED) is 0.753. The van der Waals surface area contributed by atoms with Crippen LogP contribution in [0.2, 0.25) is 0 Å². The highest BCUT2D eigenvalue weighted by molar-refractivity contribution is 6.07. The van der Waals surface area contributed by atoms with E-state index in [1.807, 2.05) is 42.5 Å². The van der Waals surface area contributed by atoms with Gasteiger partial charge in [0.05, 0.1) is 13.2 Å². The van der Waals surface area contributed by atoms with Crippen LogP contribution < -0.4 is 15.5 Å². The minimum absolute atomic E-state index is 0. The van der Waals surface area contributed by atoms with Gasteiger partial charge in [0, 0.05) is 30.4 Å². The van der Waals surface area contributed by atoms with E-state index in [4.69, 9.17) is 10.5 Å². The van der Waals surface area contributed by atoms with Gasteiger partial charge in [0.1, 0.15) is 0 Å². The zero-order valence-corrected chi connectivity index (χ0v) is 17.2. The van der Waals surface area contributed by atoms with Crippen molar-refractivity contribution in [3.05, 3.63) is 59.7 Å². The molecule has 1 fully saturated rings. The minimum Gasteiger partial charge on any atom is -0.469 e. The molecule has 2 N–H and O–H groups in total. The Kier molecular flexibility index (Phi) is 6.45. The largest absolute Gasteiger partial charge is 0.469 e. The van der Waals surface area contributed by atoms with Crippen LogP contribution in [0.4, 0.5) is 16.2 Å². The molecule has 2 aliphatic rings. The number of nitrogens with two attached hydrogens (primary N) is 1. The number of hydrogen-bond donors (Lipinski definition) is 1. The Labute approximate surface area is 177 Å². The fourth-order valence-electron chi connectivity index (χ4n) is 4.19. The van der Waals surface area contributed by atoms with E-state index < -0.39 is 0 Å². The molecule has 0 bridgehead atoms. The number of carbonyl (C=O) groups is 2. The molecule has 2 atom stereocenters. The number of rotatable bonds is 5. The number of nitrogens with zero attached hydrogens (tertiary/aromatic N) is 2. The normalized spacial score (nSPS) is 20.4. The number of hydrogen-bond acceptors (Lipinski definition) is 4. The molecule has 0 aromatic heterocycles. The molecule has 154 valence electrons. The average molecular weight is 416 g/mol. The topological polar surface area (TPSA) is 75.9 Å². The van der Waals surface area contributed by atoms with Gasteiger partial charge in [-0.2, -0.15) is 0 Å². The minimum atomic E-state index is -0.259. The number of anilines is 2. The maximum atomic E-state index is 13.3. The number of aryl methyl sites for hydroxylation is 1. The summed E-state index contributed by atoms with van der Waals surface area (Å²) >= 11 is 0. The van der Waals surface area contributed by atoms with Crippen LogP contribution in [0.15, 0.2) is 48.5 Å². The lowest BCUT2D eigenvalue weighted by molar-refractivity contribution is -0.140. The molecule has 0 radical (unpaired) electrons. The van der Waals surface area contributed by atoms with Gasteiger partial charge in [-0.1, -0.05) is 24.3 Å². The van der Waals surface area contributed by atoms with Crippen LogP contribution in [0.1, 0.15) is 36.4 Å². The molecule has 7 heteroatoms. The van der Waals surface area contributed by atoms with E-state index in [0.717, 1.165) is 24.2 Å². The molecule has 0 saturated carbocycles. The van der Waals surface area contributed by atoms with Crippen LogP contribution in [0.5, 0.6) is 0 Å². The summed E-state index contributed by atoms with van der Waals surface area (Å²) in [4.78, 5) is 28.6. The first-order valence-corrected chi connectivity index (χ1v) is 9.69. The summed E-state index contributed by atoms with van der Waals surface area (Å²) in [7, 11) is 1.39. The summed E-state index contributed by atoms with van der Waals surface area (Å²) in [6, 6.07) is 15.7. The molecule has 2 aromatic carbocycles. The molecular weight excluding hydrogens is 390 g/mol. The summed E-state index contributed by atoms with van der Waals surface area (Å²) in [5.41, 5.74) is 10.3. The lowest BCUT2D eigenvalue weighted by Crippen LogP contribution is -2.35. The van der Waals surface area contributed by atoms with Crippen molar-refractivity contribution in [2.45, 2.75) is 37.8 Å². The SMILES string of the molecule is COC(=O)CCC1CN(c2ccc3c(c2)CCC3N)C(=O)N1c1ccccc1.Cl. The van der Waals surface area contributed by atoms with Gasteiger partial charge >= 0.3 is 12.0 Å². The molecule has 0 spiro atoms. The van der Waals surface area contributed by atoms with Crippen LogP contribution in [0.3, 0.4) is 0 Å². The Bertz CT molecular complexity index is 890. The highest BCUT2D eigenvalue weighted by Gasteiger charge is 2.39. The number of fused-ring (bicyclic) bond motifs is 1. The van der Waals surface area contributed by atoms with Crippen molar-refractivity contribution in [2.75, 3.05) is 23.5 Å². The van der Waals surface area contributed by atoms with Crippen LogP contribution in [0, 0.1) is 0 Å². The van der Waals surface area contributed by atoms with Gasteiger partial charge in [0.25, 0.3) is 0 Å². The Morgan fingerprint density at radius 2 is 1.93 bits per heavy atom. The van der Waals surface area contributed by atoms with E-state index in [9.17, 15) is 9.59 Å². The molecule has 2 unspecified atom stereocenters. The molecule has 6 nitrogen and oxygen atoms in total. The number of amides is 2. The zero-order chi connectivity index (χ0) is 19.7. The van der Waals surface area contributed by atoms with Crippen molar-refractivity contribution in [2.24, 2.45) is 5.73 Å². The molecule has 1 heterocycles. The standard InChI is InChI=1S/C22H25N3O3.ClH/c1-28-21(26)12-9-18-14-24(22(27)25(18)16-5-3-2-4-6-16)17-8-10-19-15(13-17)7-11-20(19)23;/h2-6,8,10,13,18,20H,7,9,11-12,14,23H2,1H3;1H. The number of benzene rings is 2. The Hall–Kier alpha value is -2.57. The van der Waals surface area contributed by atoms with Gasteiger partial charge in [-0.15, -0.1) is 12.4 Å². The highest BCUT2D eigenvalue weighted by atomic mass is 35.5. The van der Waals surface area contributed by atoms with Crippen molar-refractivity contribution >= 4 is 35.8 Å². The van der Waals surface area contributed by atoms with Crippen molar-refractivity contribution in [3.63, 3.8) is 0 Å². The highest BCUT2D eigenvalue weighted by Crippen LogP contribution is 2.35. The predicted molar refractivity (Wildman–Crippen MR) is 116 cm³/mol. The first-order valence-electron chi connectivity index (χ1n) is 9.69. The molecular formula is C22H26ClN3O3. The Balaban J connectivity index is 0.00000240. The number of methoxy groups -OCH3 is 1. The summed E-state index contributed by atoms with van der Waals surface area (Å²) < 4.78 is 4.78. The van der Waals surface area contributed by atoms with Crippen molar-refractivity contribution < 1.29 is 14.3 Å². The predicted octanol–water partition coefficient (Wildman–Crippen LogP) is 3.82. The molecule has 2 amide bonds. The van der Waals surface area contributed by atoms with E-state index in [1.54, 1.807) is 9.80 Å². The van der Waals surface area contributed by atoms with Crippen LogP contribution in [-0.2, 0) is 16.0 Å². The Morgan fingerprint density at radius 3 is 2.66 bits per heavy atom. The molecule has 1 aliphatic heterocycles. The first-order chi connectivity index (χ1) is 13.6. The van der Waals surface area contributed by atoms with Crippen molar-refractivity contribution in [3.8, 4) is 0 Å². The van der Waals surface area contributed by atoms with Crippen molar-refractivity contribution in [1.82, 2.24) is 0 Å². The molecule has 2 aromatic rings. The number of halogens is 1. The van der Waals surface area contributed by atoms with Crippen molar-refractivity contribution in [1.29, 1.82) is 0 Å². The lowest BCUT2D eigenvalue weighted by atomic mass is 10.1.